The zero-order valence-electron chi connectivity index (χ0n) is 11.6. The zero-order valence-corrected chi connectivity index (χ0v) is 13.4. The minimum atomic E-state index is -4.93. The lowest BCUT2D eigenvalue weighted by Gasteiger charge is -2.16. The molecule has 21 heavy (non-hydrogen) atoms. The van der Waals surface area contributed by atoms with Crippen LogP contribution in [0.1, 0.15) is 19.8 Å². The molecule has 1 aromatic rings. The topological polar surface area (TPSA) is 128 Å². The first-order valence-corrected chi connectivity index (χ1v) is 9.73. The fourth-order valence-electron chi connectivity index (χ4n) is 1.63. The van der Waals surface area contributed by atoms with E-state index >= 15 is 0 Å². The Bertz CT molecular complexity index is 531. The molecule has 120 valence electrons. The number of hydrogen-bond donors (Lipinski definition) is 4. The third kappa shape index (κ3) is 6.26. The lowest BCUT2D eigenvalue weighted by molar-refractivity contribution is -0.694. The number of ether oxygens (including phenoxy) is 1. The molecule has 0 spiro atoms. The van der Waals surface area contributed by atoms with Gasteiger partial charge >= 0.3 is 15.2 Å². The second kappa shape index (κ2) is 7.49. The molecule has 10 heteroatoms. The largest absolute Gasteiger partial charge is 0.487 e. The van der Waals surface area contributed by atoms with Crippen molar-refractivity contribution in [3.05, 3.63) is 24.5 Å². The minimum absolute atomic E-state index is 0.473. The van der Waals surface area contributed by atoms with Crippen molar-refractivity contribution in [2.75, 3.05) is 6.61 Å². The molecule has 0 aliphatic rings. The van der Waals surface area contributed by atoms with Crippen LogP contribution in [0, 0.1) is 0 Å². The van der Waals surface area contributed by atoms with Crippen molar-refractivity contribution >= 4 is 15.2 Å². The van der Waals surface area contributed by atoms with Gasteiger partial charge in [-0.3, -0.25) is 9.13 Å². The van der Waals surface area contributed by atoms with Crippen molar-refractivity contribution in [2.24, 2.45) is 0 Å². The molecule has 8 nitrogen and oxygen atoms in total. The predicted molar refractivity (Wildman–Crippen MR) is 74.9 cm³/mol. The third-order valence-electron chi connectivity index (χ3n) is 2.75. The summed E-state index contributed by atoms with van der Waals surface area (Å²) in [7, 11) is -9.86. The number of rotatable bonds is 8. The molecule has 0 atom stereocenters. The van der Waals surface area contributed by atoms with Crippen LogP contribution in [0.2, 0.25) is 0 Å². The van der Waals surface area contributed by atoms with E-state index < -0.39 is 27.1 Å². The van der Waals surface area contributed by atoms with Gasteiger partial charge in [0.1, 0.15) is 0 Å². The van der Waals surface area contributed by atoms with E-state index in [2.05, 4.69) is 0 Å². The van der Waals surface area contributed by atoms with Crippen LogP contribution in [0.5, 0.6) is 5.75 Å². The Morgan fingerprint density at radius 2 is 1.86 bits per heavy atom. The summed E-state index contributed by atoms with van der Waals surface area (Å²) in [5.74, 6) is 0.473. The molecule has 0 unspecified atom stereocenters. The van der Waals surface area contributed by atoms with Gasteiger partial charge in [0.2, 0.25) is 11.6 Å². The molecule has 0 saturated carbocycles. The quantitative estimate of drug-likeness (QED) is 0.313. The van der Waals surface area contributed by atoms with Crippen LogP contribution in [-0.2, 0) is 15.7 Å². The molecule has 0 bridgehead atoms. The van der Waals surface area contributed by atoms with E-state index in [1.54, 1.807) is 12.1 Å². The van der Waals surface area contributed by atoms with E-state index in [1.807, 2.05) is 6.92 Å². The van der Waals surface area contributed by atoms with Crippen molar-refractivity contribution in [1.82, 2.24) is 0 Å². The van der Waals surface area contributed by atoms with Crippen molar-refractivity contribution in [3.63, 3.8) is 0 Å². The standard InChI is InChI=1S/C11H19NO7P2/c1-2-3-7-19-10-5-4-6-12(8-10)9-11(20(13,14)15)21(16,17)18/h4-6,8,11H,2-3,7,9H2,1H3,(H3-,13,14,15,16,17,18)/p+1. The molecular formula is C11H20NO7P2+. The van der Waals surface area contributed by atoms with E-state index in [-0.39, 0.29) is 0 Å². The van der Waals surface area contributed by atoms with Gasteiger partial charge in [-0.15, -0.1) is 0 Å². The van der Waals surface area contributed by atoms with Crippen LogP contribution < -0.4 is 9.30 Å². The SMILES string of the molecule is CCCCOc1ccc[n+](CC(P(=O)(O)O)P(=O)(O)O)c1. The van der Waals surface area contributed by atoms with Crippen molar-refractivity contribution < 1.29 is 38.0 Å². The lowest BCUT2D eigenvalue weighted by atomic mass is 10.3. The van der Waals surface area contributed by atoms with Crippen LogP contribution in [0.25, 0.3) is 0 Å². The average molecular weight is 340 g/mol. The smallest absolute Gasteiger partial charge is 0.347 e. The van der Waals surface area contributed by atoms with Crippen LogP contribution in [0.4, 0.5) is 0 Å². The van der Waals surface area contributed by atoms with Gasteiger partial charge in [0.15, 0.2) is 18.5 Å². The van der Waals surface area contributed by atoms with Gasteiger partial charge in [-0.1, -0.05) is 13.3 Å². The molecule has 1 aromatic heterocycles. The summed E-state index contributed by atoms with van der Waals surface area (Å²) in [6, 6.07) is 3.24. The van der Waals surface area contributed by atoms with E-state index in [0.717, 1.165) is 12.8 Å². The van der Waals surface area contributed by atoms with Gasteiger partial charge in [0.05, 0.1) is 6.61 Å². The first-order chi connectivity index (χ1) is 9.64. The summed E-state index contributed by atoms with van der Waals surface area (Å²) in [6.07, 6.45) is 4.74. The normalized spacial score (nSPS) is 12.7. The maximum atomic E-state index is 11.2. The molecule has 0 aliphatic heterocycles. The van der Waals surface area contributed by atoms with Gasteiger partial charge in [-0.2, -0.15) is 0 Å². The molecule has 0 fully saturated rings. The molecule has 1 heterocycles. The summed E-state index contributed by atoms with van der Waals surface area (Å²) in [5.41, 5.74) is 0. The van der Waals surface area contributed by atoms with Crippen molar-refractivity contribution in [3.8, 4) is 5.75 Å². The van der Waals surface area contributed by atoms with Crippen LogP contribution >= 0.6 is 15.2 Å². The zero-order chi connectivity index (χ0) is 16.1. The number of aromatic nitrogens is 1. The third-order valence-corrected chi connectivity index (χ3v) is 6.43. The summed E-state index contributed by atoms with van der Waals surface area (Å²) in [5, 5.41) is -2.07. The predicted octanol–water partition coefficient (Wildman–Crippen LogP) is 0.834. The number of pyridine rings is 1. The van der Waals surface area contributed by atoms with E-state index in [1.165, 1.54) is 17.0 Å². The van der Waals surface area contributed by atoms with E-state index in [4.69, 9.17) is 24.3 Å². The molecular weight excluding hydrogens is 320 g/mol. The second-order valence-electron chi connectivity index (χ2n) is 4.60. The van der Waals surface area contributed by atoms with Gasteiger partial charge in [-0.25, -0.2) is 4.57 Å². The molecule has 0 aliphatic carbocycles. The molecule has 4 N–H and O–H groups in total. The molecule has 0 saturated heterocycles. The lowest BCUT2D eigenvalue weighted by Crippen LogP contribution is -2.39. The maximum absolute atomic E-state index is 11.2. The van der Waals surface area contributed by atoms with Crippen LogP contribution in [-0.4, -0.2) is 31.6 Å². The van der Waals surface area contributed by atoms with Gasteiger partial charge in [-0.05, 0) is 12.5 Å². The highest BCUT2D eigenvalue weighted by molar-refractivity contribution is 7.70. The monoisotopic (exact) mass is 340 g/mol. The summed E-state index contributed by atoms with van der Waals surface area (Å²) < 4.78 is 29.2. The van der Waals surface area contributed by atoms with Crippen molar-refractivity contribution in [2.45, 2.75) is 31.7 Å². The van der Waals surface area contributed by atoms with Gasteiger partial charge in [0, 0.05) is 6.07 Å². The van der Waals surface area contributed by atoms with Gasteiger partial charge < -0.3 is 24.3 Å². The Hall–Kier alpha value is -0.750. The van der Waals surface area contributed by atoms with E-state index in [9.17, 15) is 9.13 Å². The van der Waals surface area contributed by atoms with Crippen LogP contribution in [0.3, 0.4) is 0 Å². The highest BCUT2D eigenvalue weighted by Crippen LogP contribution is 2.59. The first kappa shape index (κ1) is 18.3. The number of hydrogen-bond acceptors (Lipinski definition) is 3. The average Bonchev–Trinajstić information content (AvgIpc) is 2.34. The van der Waals surface area contributed by atoms with Crippen LogP contribution in [0.15, 0.2) is 24.5 Å². The molecule has 1 rings (SSSR count). The molecule has 0 amide bonds. The fourth-order valence-corrected chi connectivity index (χ4v) is 4.00. The van der Waals surface area contributed by atoms with Crippen molar-refractivity contribution in [1.29, 1.82) is 0 Å². The number of nitrogens with zero attached hydrogens (tertiary/aromatic N) is 1. The Labute approximate surface area is 122 Å². The maximum Gasteiger partial charge on any atom is 0.347 e. The second-order valence-corrected chi connectivity index (χ2v) is 8.61. The molecule has 0 radical (unpaired) electrons. The summed E-state index contributed by atoms with van der Waals surface area (Å²) >= 11 is 0. The Kier molecular flexibility index (Phi) is 6.53. The van der Waals surface area contributed by atoms with E-state index in [0.29, 0.717) is 12.4 Å². The highest BCUT2D eigenvalue weighted by atomic mass is 31.2. The highest BCUT2D eigenvalue weighted by Gasteiger charge is 2.46. The first-order valence-electron chi connectivity index (χ1n) is 6.37. The Balaban J connectivity index is 2.88. The van der Waals surface area contributed by atoms with Gasteiger partial charge in [0.25, 0.3) is 0 Å². The summed E-state index contributed by atoms with van der Waals surface area (Å²) in [4.78, 5) is 36.4. The number of unbranched alkanes of at least 4 members (excludes halogenated alkanes) is 1. The Morgan fingerprint density at radius 1 is 1.24 bits per heavy atom. The Morgan fingerprint density at radius 3 is 2.38 bits per heavy atom. The minimum Gasteiger partial charge on any atom is -0.487 e. The fraction of sp³-hybridized carbons (Fsp3) is 0.545. The molecule has 0 aromatic carbocycles. The summed E-state index contributed by atoms with van der Waals surface area (Å²) in [6.45, 7) is 2.01.